The number of rotatable bonds is 2. The predicted octanol–water partition coefficient (Wildman–Crippen LogP) is 1.75. The van der Waals surface area contributed by atoms with Gasteiger partial charge in [0.1, 0.15) is 6.33 Å². The van der Waals surface area contributed by atoms with Gasteiger partial charge in [-0.1, -0.05) is 11.3 Å². The van der Waals surface area contributed by atoms with E-state index in [0.29, 0.717) is 0 Å². The number of aromatic nitrogens is 3. The van der Waals surface area contributed by atoms with Crippen molar-refractivity contribution in [2.75, 3.05) is 31.2 Å². The lowest BCUT2D eigenvalue weighted by Crippen LogP contribution is -2.36. The fraction of sp³-hybridized carbons (Fsp3) is 0.417. The zero-order valence-electron chi connectivity index (χ0n) is 10.2. The van der Waals surface area contributed by atoms with E-state index < -0.39 is 0 Å². The van der Waals surface area contributed by atoms with Gasteiger partial charge in [-0.2, -0.15) is 0 Å². The average molecular weight is 262 g/mol. The predicted molar refractivity (Wildman–Crippen MR) is 70.9 cm³/mol. The van der Waals surface area contributed by atoms with E-state index in [-0.39, 0.29) is 0 Å². The number of thiazole rings is 1. The zero-order chi connectivity index (χ0) is 12.4. The number of anilines is 1. The summed E-state index contributed by atoms with van der Waals surface area (Å²) >= 11 is 1.69. The molecule has 0 saturated carbocycles. The summed E-state index contributed by atoms with van der Waals surface area (Å²) < 4.78 is 5.36. The van der Waals surface area contributed by atoms with Crippen LogP contribution in [0.3, 0.4) is 0 Å². The molecule has 1 aliphatic heterocycles. The van der Waals surface area contributed by atoms with Crippen LogP contribution in [0.2, 0.25) is 0 Å². The van der Waals surface area contributed by atoms with Crippen LogP contribution in [0.5, 0.6) is 0 Å². The zero-order valence-corrected chi connectivity index (χ0v) is 11.0. The van der Waals surface area contributed by atoms with E-state index in [1.165, 1.54) is 0 Å². The normalized spacial score (nSPS) is 15.9. The minimum Gasteiger partial charge on any atom is -0.378 e. The number of aryl methyl sites for hydroxylation is 1. The van der Waals surface area contributed by atoms with E-state index in [9.17, 15) is 0 Å². The van der Waals surface area contributed by atoms with Crippen LogP contribution in [-0.2, 0) is 4.74 Å². The molecule has 0 aromatic carbocycles. The molecule has 3 heterocycles. The van der Waals surface area contributed by atoms with E-state index in [0.717, 1.165) is 47.7 Å². The Labute approximate surface area is 109 Å². The van der Waals surface area contributed by atoms with Crippen molar-refractivity contribution in [1.82, 2.24) is 15.0 Å². The van der Waals surface area contributed by atoms with Crippen LogP contribution in [-0.4, -0.2) is 41.3 Å². The Morgan fingerprint density at radius 2 is 2.17 bits per heavy atom. The van der Waals surface area contributed by atoms with E-state index in [4.69, 9.17) is 4.74 Å². The van der Waals surface area contributed by atoms with Crippen molar-refractivity contribution < 1.29 is 4.74 Å². The smallest absolute Gasteiger partial charge is 0.186 e. The molecule has 0 amide bonds. The Morgan fingerprint density at radius 1 is 1.33 bits per heavy atom. The molecule has 0 aliphatic carbocycles. The first-order valence-electron chi connectivity index (χ1n) is 5.91. The number of ether oxygens (including phenoxy) is 1. The van der Waals surface area contributed by atoms with Gasteiger partial charge >= 0.3 is 0 Å². The lowest BCUT2D eigenvalue weighted by atomic mass is 10.3. The third kappa shape index (κ3) is 2.21. The van der Waals surface area contributed by atoms with Gasteiger partial charge in [-0.15, -0.1) is 0 Å². The molecule has 18 heavy (non-hydrogen) atoms. The summed E-state index contributed by atoms with van der Waals surface area (Å²) in [6.45, 7) is 5.41. The quantitative estimate of drug-likeness (QED) is 0.825. The van der Waals surface area contributed by atoms with Crippen molar-refractivity contribution in [1.29, 1.82) is 0 Å². The summed E-state index contributed by atoms with van der Waals surface area (Å²) in [4.78, 5) is 16.3. The highest BCUT2D eigenvalue weighted by Crippen LogP contribution is 2.33. The van der Waals surface area contributed by atoms with E-state index in [2.05, 4.69) is 19.9 Å². The van der Waals surface area contributed by atoms with Crippen LogP contribution in [0.15, 0.2) is 18.6 Å². The second kappa shape index (κ2) is 4.99. The van der Waals surface area contributed by atoms with Crippen LogP contribution < -0.4 is 4.90 Å². The molecule has 0 spiro atoms. The van der Waals surface area contributed by atoms with Crippen molar-refractivity contribution in [3.63, 3.8) is 0 Å². The molecule has 0 atom stereocenters. The SMILES string of the molecule is Cc1nc(N2CCOCC2)sc1-c1ccncn1. The summed E-state index contributed by atoms with van der Waals surface area (Å²) in [6, 6.07) is 1.92. The van der Waals surface area contributed by atoms with Crippen LogP contribution in [0.4, 0.5) is 5.13 Å². The molecule has 94 valence electrons. The maximum Gasteiger partial charge on any atom is 0.186 e. The van der Waals surface area contributed by atoms with Gasteiger partial charge in [0, 0.05) is 19.3 Å². The maximum absolute atomic E-state index is 5.36. The average Bonchev–Trinajstić information content (AvgIpc) is 2.83. The Hall–Kier alpha value is -1.53. The largest absolute Gasteiger partial charge is 0.378 e. The minimum absolute atomic E-state index is 0.779. The molecule has 0 bridgehead atoms. The van der Waals surface area contributed by atoms with Gasteiger partial charge in [0.25, 0.3) is 0 Å². The van der Waals surface area contributed by atoms with Crippen molar-refractivity contribution in [3.8, 4) is 10.6 Å². The van der Waals surface area contributed by atoms with Crippen molar-refractivity contribution in [2.24, 2.45) is 0 Å². The molecule has 5 nitrogen and oxygen atoms in total. The van der Waals surface area contributed by atoms with E-state index in [1.54, 1.807) is 23.9 Å². The lowest BCUT2D eigenvalue weighted by Gasteiger charge is -2.26. The van der Waals surface area contributed by atoms with Crippen LogP contribution in [0, 0.1) is 6.92 Å². The third-order valence-electron chi connectivity index (χ3n) is 2.88. The summed E-state index contributed by atoms with van der Waals surface area (Å²) in [5.74, 6) is 0. The van der Waals surface area contributed by atoms with Gasteiger partial charge in [-0.25, -0.2) is 15.0 Å². The number of hydrogen-bond acceptors (Lipinski definition) is 6. The summed E-state index contributed by atoms with van der Waals surface area (Å²) in [5, 5.41) is 1.06. The molecule has 2 aromatic rings. The van der Waals surface area contributed by atoms with Gasteiger partial charge in [-0.05, 0) is 13.0 Å². The monoisotopic (exact) mass is 262 g/mol. The van der Waals surface area contributed by atoms with Crippen LogP contribution in [0.25, 0.3) is 10.6 Å². The summed E-state index contributed by atoms with van der Waals surface area (Å²) in [6.07, 6.45) is 3.33. The first-order valence-corrected chi connectivity index (χ1v) is 6.73. The molecule has 1 aliphatic rings. The lowest BCUT2D eigenvalue weighted by molar-refractivity contribution is 0.122. The first-order chi connectivity index (χ1) is 8.84. The highest BCUT2D eigenvalue weighted by molar-refractivity contribution is 7.19. The number of nitrogens with zero attached hydrogens (tertiary/aromatic N) is 4. The Balaban J connectivity index is 1.91. The molecular weight excluding hydrogens is 248 g/mol. The van der Waals surface area contributed by atoms with Gasteiger partial charge in [-0.3, -0.25) is 0 Å². The van der Waals surface area contributed by atoms with Crippen LogP contribution >= 0.6 is 11.3 Å². The molecule has 6 heteroatoms. The van der Waals surface area contributed by atoms with Crippen LogP contribution in [0.1, 0.15) is 5.69 Å². The fourth-order valence-electron chi connectivity index (χ4n) is 1.93. The van der Waals surface area contributed by atoms with Crippen molar-refractivity contribution in [2.45, 2.75) is 6.92 Å². The molecule has 1 fully saturated rings. The van der Waals surface area contributed by atoms with E-state index in [1.807, 2.05) is 13.0 Å². The van der Waals surface area contributed by atoms with E-state index >= 15 is 0 Å². The molecule has 2 aromatic heterocycles. The molecule has 0 radical (unpaired) electrons. The van der Waals surface area contributed by atoms with Gasteiger partial charge in [0.05, 0.1) is 29.5 Å². The highest BCUT2D eigenvalue weighted by atomic mass is 32.1. The molecular formula is C12H14N4OS. The molecule has 0 unspecified atom stereocenters. The first kappa shape index (κ1) is 11.6. The second-order valence-electron chi connectivity index (χ2n) is 4.11. The third-order valence-corrected chi connectivity index (χ3v) is 4.12. The summed E-state index contributed by atoms with van der Waals surface area (Å²) in [7, 11) is 0. The fourth-order valence-corrected chi connectivity index (χ4v) is 3.03. The van der Waals surface area contributed by atoms with Crippen molar-refractivity contribution >= 4 is 16.5 Å². The number of morpholine rings is 1. The van der Waals surface area contributed by atoms with Gasteiger partial charge in [0.15, 0.2) is 5.13 Å². The molecule has 0 N–H and O–H groups in total. The molecule has 3 rings (SSSR count). The second-order valence-corrected chi connectivity index (χ2v) is 5.08. The Kier molecular flexibility index (Phi) is 3.21. The van der Waals surface area contributed by atoms with Gasteiger partial charge < -0.3 is 9.64 Å². The standard InChI is InChI=1S/C12H14N4OS/c1-9-11(10-2-3-13-8-14-10)18-12(15-9)16-4-6-17-7-5-16/h2-3,8H,4-7H2,1H3. The molecule has 1 saturated heterocycles. The maximum atomic E-state index is 5.36. The highest BCUT2D eigenvalue weighted by Gasteiger charge is 2.17. The topological polar surface area (TPSA) is 51.1 Å². The Bertz CT molecular complexity index is 522. The minimum atomic E-state index is 0.779. The Morgan fingerprint density at radius 3 is 2.89 bits per heavy atom. The number of hydrogen-bond donors (Lipinski definition) is 0. The van der Waals surface area contributed by atoms with Gasteiger partial charge in [0.2, 0.25) is 0 Å². The summed E-state index contributed by atoms with van der Waals surface area (Å²) in [5.41, 5.74) is 1.97. The van der Waals surface area contributed by atoms with Crippen molar-refractivity contribution in [3.05, 3.63) is 24.3 Å².